The number of hydrogen-bond acceptors (Lipinski definition) is 18. The maximum absolute atomic E-state index is 12.7. The predicted octanol–water partition coefficient (Wildman–Crippen LogP) is -0.415. The lowest BCUT2D eigenvalue weighted by Crippen LogP contribution is -2.69. The van der Waals surface area contributed by atoms with Crippen LogP contribution in [-0.2, 0) is 28.4 Å². The summed E-state index contributed by atoms with van der Waals surface area (Å²) in [6.45, 7) is 13.4. The molecule has 0 spiro atoms. The zero-order valence-corrected chi connectivity index (χ0v) is 39.1. The van der Waals surface area contributed by atoms with Crippen molar-refractivity contribution in [2.45, 2.75) is 210 Å². The second-order valence-corrected chi connectivity index (χ2v) is 22.4. The summed E-state index contributed by atoms with van der Waals surface area (Å²) >= 11 is 0. The van der Waals surface area contributed by atoms with Crippen LogP contribution >= 0.6 is 0 Å². The van der Waals surface area contributed by atoms with Crippen molar-refractivity contribution >= 4 is 0 Å². The maximum Gasteiger partial charge on any atom is 0.187 e. The first-order valence-corrected chi connectivity index (χ1v) is 24.0. The Morgan fingerprint density at radius 3 is 1.94 bits per heavy atom. The van der Waals surface area contributed by atoms with Gasteiger partial charge in [-0.25, -0.2) is 0 Å². The Morgan fingerprint density at radius 2 is 1.29 bits per heavy atom. The minimum absolute atomic E-state index is 0.0582. The summed E-state index contributed by atoms with van der Waals surface area (Å²) in [6.07, 6.45) is -14.1. The van der Waals surface area contributed by atoms with Crippen molar-refractivity contribution in [1.82, 2.24) is 0 Å². The van der Waals surface area contributed by atoms with Crippen LogP contribution in [0.2, 0.25) is 0 Å². The number of ether oxygens (including phenoxy) is 6. The topological polar surface area (TPSA) is 298 Å². The quantitative estimate of drug-likeness (QED) is 0.0825. The smallest absolute Gasteiger partial charge is 0.187 e. The molecule has 65 heavy (non-hydrogen) atoms. The summed E-state index contributed by atoms with van der Waals surface area (Å²) in [5, 5.41) is 130. The molecule has 0 aromatic heterocycles. The second-order valence-electron chi connectivity index (χ2n) is 22.4. The number of allylic oxidation sites excluding steroid dienone is 2. The van der Waals surface area contributed by atoms with Crippen LogP contribution in [0, 0.1) is 45.3 Å². The van der Waals surface area contributed by atoms with E-state index in [0.29, 0.717) is 38.5 Å². The van der Waals surface area contributed by atoms with E-state index in [1.54, 1.807) is 0 Å². The molecule has 24 atom stereocenters. The molecule has 3 saturated heterocycles. The van der Waals surface area contributed by atoms with Crippen LogP contribution in [0.1, 0.15) is 106 Å². The molecule has 18 nitrogen and oxygen atoms in total. The molecule has 7 aliphatic rings. The molecule has 0 aromatic carbocycles. The molecule has 10 unspecified atom stereocenters. The third-order valence-electron chi connectivity index (χ3n) is 18.4. The number of rotatable bonds is 13. The lowest BCUT2D eigenvalue weighted by atomic mass is 9.34. The third-order valence-corrected chi connectivity index (χ3v) is 18.4. The molecule has 4 saturated carbocycles. The fourth-order valence-electron chi connectivity index (χ4n) is 14.5. The molecule has 376 valence electrons. The molecule has 12 N–H and O–H groups in total. The molecular formula is C47H80O18. The van der Waals surface area contributed by atoms with Crippen LogP contribution in [0.4, 0.5) is 0 Å². The van der Waals surface area contributed by atoms with E-state index in [-0.39, 0.29) is 42.3 Å². The summed E-state index contributed by atoms with van der Waals surface area (Å²) in [7, 11) is 0. The Bertz CT molecular complexity index is 1650. The first-order chi connectivity index (χ1) is 30.4. The van der Waals surface area contributed by atoms with Crippen molar-refractivity contribution in [1.29, 1.82) is 0 Å². The van der Waals surface area contributed by atoms with E-state index in [4.69, 9.17) is 28.4 Å². The van der Waals surface area contributed by atoms with Crippen LogP contribution in [0.25, 0.3) is 0 Å². The minimum atomic E-state index is -1.70. The van der Waals surface area contributed by atoms with Crippen LogP contribution in [0.5, 0.6) is 0 Å². The van der Waals surface area contributed by atoms with Gasteiger partial charge in [0.25, 0.3) is 0 Å². The van der Waals surface area contributed by atoms with Gasteiger partial charge in [0, 0.05) is 12.0 Å². The highest BCUT2D eigenvalue weighted by Crippen LogP contribution is 2.76. The summed E-state index contributed by atoms with van der Waals surface area (Å²) in [6, 6.07) is 0. The van der Waals surface area contributed by atoms with Gasteiger partial charge in [0.15, 0.2) is 18.9 Å². The Hall–Kier alpha value is -0.980. The van der Waals surface area contributed by atoms with Crippen molar-refractivity contribution in [2.75, 3.05) is 26.4 Å². The van der Waals surface area contributed by atoms with Gasteiger partial charge in [0.05, 0.1) is 37.6 Å². The molecule has 18 heteroatoms. The molecule has 0 amide bonds. The predicted molar refractivity (Wildman–Crippen MR) is 229 cm³/mol. The highest BCUT2D eigenvalue weighted by atomic mass is 16.7. The molecule has 7 rings (SSSR count). The van der Waals surface area contributed by atoms with Crippen molar-refractivity contribution in [2.24, 2.45) is 45.3 Å². The Morgan fingerprint density at radius 1 is 0.677 bits per heavy atom. The van der Waals surface area contributed by atoms with Gasteiger partial charge in [-0.3, -0.25) is 0 Å². The van der Waals surface area contributed by atoms with E-state index >= 15 is 0 Å². The Kier molecular flexibility index (Phi) is 15.4. The minimum Gasteiger partial charge on any atom is -0.396 e. The average molecular weight is 933 g/mol. The fourth-order valence-corrected chi connectivity index (χ4v) is 14.5. The van der Waals surface area contributed by atoms with Crippen LogP contribution in [0.15, 0.2) is 11.6 Å². The third kappa shape index (κ3) is 8.83. The molecule has 0 radical (unpaired) electrons. The van der Waals surface area contributed by atoms with Gasteiger partial charge in [-0.2, -0.15) is 0 Å². The highest BCUT2D eigenvalue weighted by molar-refractivity contribution is 5.21. The summed E-state index contributed by atoms with van der Waals surface area (Å²) < 4.78 is 36.4. The van der Waals surface area contributed by atoms with Crippen LogP contribution in [-0.4, -0.2) is 192 Å². The standard InChI is InChI=1S/C47H80O18/c1-22(2)9-8-13-46(7,65-42-39(59)36(56)34(54)27(63-42)20-61-40-37(57)32(52)25(51)19-60-40)23-10-14-45(6)31(23)24(50)17-29-44(45,5)15-11-28-43(3,4)30(12-16-47(28,29)21-49)64-41-38(58)35(55)33(53)26(18-48)62-41/h9,23-42,48-59H,8,10-21H2,1-7H3/t23?,24?,25-,26-,27-,28?,29?,30?,31?,32+,33-,34-,35+,36+,37-,38-,39-,40-,41+,42+,44?,45?,46?,47?/m1/s1. The molecule has 4 aliphatic carbocycles. The van der Waals surface area contributed by atoms with E-state index in [1.807, 2.05) is 20.8 Å². The van der Waals surface area contributed by atoms with Gasteiger partial charge >= 0.3 is 0 Å². The van der Waals surface area contributed by atoms with Gasteiger partial charge in [-0.1, -0.05) is 39.3 Å². The van der Waals surface area contributed by atoms with Crippen molar-refractivity contribution in [3.63, 3.8) is 0 Å². The second kappa shape index (κ2) is 19.3. The lowest BCUT2D eigenvalue weighted by Gasteiger charge is -2.71. The summed E-state index contributed by atoms with van der Waals surface area (Å²) in [4.78, 5) is 0. The zero-order valence-electron chi connectivity index (χ0n) is 39.1. The van der Waals surface area contributed by atoms with Crippen LogP contribution < -0.4 is 0 Å². The van der Waals surface area contributed by atoms with E-state index < -0.39 is 133 Å². The Labute approximate surface area is 382 Å². The van der Waals surface area contributed by atoms with E-state index in [2.05, 4.69) is 33.8 Å². The van der Waals surface area contributed by atoms with Crippen LogP contribution in [0.3, 0.4) is 0 Å². The molecule has 0 bridgehead atoms. The molecule has 3 heterocycles. The Balaban J connectivity index is 1.12. The van der Waals surface area contributed by atoms with E-state index in [0.717, 1.165) is 24.8 Å². The van der Waals surface area contributed by atoms with Gasteiger partial charge < -0.3 is 89.7 Å². The van der Waals surface area contributed by atoms with Gasteiger partial charge in [-0.15, -0.1) is 0 Å². The highest BCUT2D eigenvalue weighted by Gasteiger charge is 2.73. The molecule has 7 fully saturated rings. The average Bonchev–Trinajstić information content (AvgIpc) is 3.65. The van der Waals surface area contributed by atoms with E-state index in [1.165, 1.54) is 0 Å². The number of fused-ring (bicyclic) bond motifs is 5. The molecular weight excluding hydrogens is 852 g/mol. The van der Waals surface area contributed by atoms with Gasteiger partial charge in [0.2, 0.25) is 0 Å². The summed E-state index contributed by atoms with van der Waals surface area (Å²) in [5.74, 6) is -0.664. The maximum atomic E-state index is 12.7. The van der Waals surface area contributed by atoms with Crippen molar-refractivity contribution in [3.8, 4) is 0 Å². The zero-order chi connectivity index (χ0) is 47.8. The normalized spacial score (nSPS) is 51.9. The number of aliphatic hydroxyl groups excluding tert-OH is 12. The van der Waals surface area contributed by atoms with E-state index in [9.17, 15) is 61.3 Å². The SMILES string of the molecule is CC(C)=CCCC(C)(O[C@@H]1O[C@H](CO[C@H]2OC[C@@H](O)[C@H](O)[C@H]2O)[C@@H](O)[C@H](O)[C@H]1O)C1CCC2(C)C1C(O)CC1C3(CO)CCC(O[C@@H]4O[C@H](CO)[C@@H](O)[C@H](O)[C@H]4O)C(C)(C)C3CCC12C. The first kappa shape index (κ1) is 51.9. The monoisotopic (exact) mass is 933 g/mol. The molecule has 0 aromatic rings. The molecule has 3 aliphatic heterocycles. The number of aliphatic hydroxyl groups is 12. The number of hydrogen-bond donors (Lipinski definition) is 12. The summed E-state index contributed by atoms with van der Waals surface area (Å²) in [5.41, 5.74) is -1.85. The first-order valence-electron chi connectivity index (χ1n) is 24.0. The lowest BCUT2D eigenvalue weighted by molar-refractivity contribution is -0.346. The largest absolute Gasteiger partial charge is 0.396 e. The fraction of sp³-hybridized carbons (Fsp3) is 0.957. The van der Waals surface area contributed by atoms with Gasteiger partial charge in [-0.05, 0) is 118 Å². The van der Waals surface area contributed by atoms with Crippen molar-refractivity contribution < 1.29 is 89.7 Å². The van der Waals surface area contributed by atoms with Gasteiger partial charge in [0.1, 0.15) is 67.1 Å². The van der Waals surface area contributed by atoms with Crippen molar-refractivity contribution in [3.05, 3.63) is 11.6 Å².